The molecule has 0 aliphatic heterocycles. The van der Waals surface area contributed by atoms with Crippen molar-refractivity contribution in [2.75, 3.05) is 0 Å². The van der Waals surface area contributed by atoms with E-state index in [-0.39, 0.29) is 17.6 Å². The second kappa shape index (κ2) is 6.59. The maximum absolute atomic E-state index is 11.4. The van der Waals surface area contributed by atoms with Crippen molar-refractivity contribution < 1.29 is 14.7 Å². The number of hydrogen-bond donors (Lipinski definition) is 1. The van der Waals surface area contributed by atoms with Crippen molar-refractivity contribution in [1.29, 1.82) is 0 Å². The van der Waals surface area contributed by atoms with Crippen LogP contribution < -0.4 is 0 Å². The lowest BCUT2D eigenvalue weighted by Gasteiger charge is -2.14. The Kier molecular flexibility index (Phi) is 6.21. The molecule has 0 aromatic rings. The van der Waals surface area contributed by atoms with Crippen LogP contribution in [0, 0.1) is 17.8 Å². The van der Waals surface area contributed by atoms with Crippen LogP contribution in [0.4, 0.5) is 0 Å². The summed E-state index contributed by atoms with van der Waals surface area (Å²) in [5.74, 6) is -0.614. The predicted molar refractivity (Wildman–Crippen MR) is 59.7 cm³/mol. The first-order chi connectivity index (χ1) is 6.84. The van der Waals surface area contributed by atoms with Gasteiger partial charge in [0, 0.05) is 12.3 Å². The Balaban J connectivity index is 4.07. The fourth-order valence-corrected chi connectivity index (χ4v) is 1.52. The molecule has 0 aromatic carbocycles. The van der Waals surface area contributed by atoms with Gasteiger partial charge in [0.2, 0.25) is 0 Å². The Bertz CT molecular complexity index is 219. The van der Waals surface area contributed by atoms with E-state index in [4.69, 9.17) is 5.11 Å². The van der Waals surface area contributed by atoms with Gasteiger partial charge in [0.1, 0.15) is 5.78 Å². The minimum absolute atomic E-state index is 0.0125. The molecule has 0 saturated carbocycles. The zero-order valence-corrected chi connectivity index (χ0v) is 10.1. The molecule has 0 aliphatic carbocycles. The number of Topliss-reactive ketones (excluding diaryl/α,β-unsaturated/α-hetero) is 1. The molecular formula is C12H22O3. The summed E-state index contributed by atoms with van der Waals surface area (Å²) < 4.78 is 0. The smallest absolute Gasteiger partial charge is 0.306 e. The quantitative estimate of drug-likeness (QED) is 0.709. The molecule has 15 heavy (non-hydrogen) atoms. The highest BCUT2D eigenvalue weighted by molar-refractivity contribution is 5.81. The number of carbonyl (C=O) groups excluding carboxylic acids is 1. The van der Waals surface area contributed by atoms with E-state index >= 15 is 0 Å². The van der Waals surface area contributed by atoms with Gasteiger partial charge in [-0.3, -0.25) is 9.59 Å². The van der Waals surface area contributed by atoms with Crippen LogP contribution in [0.5, 0.6) is 0 Å². The van der Waals surface area contributed by atoms with Crippen LogP contribution in [0.3, 0.4) is 0 Å². The van der Waals surface area contributed by atoms with Crippen LogP contribution >= 0.6 is 0 Å². The Morgan fingerprint density at radius 2 is 1.67 bits per heavy atom. The molecule has 3 heteroatoms. The molecule has 88 valence electrons. The van der Waals surface area contributed by atoms with Crippen molar-refractivity contribution in [3.05, 3.63) is 0 Å². The minimum atomic E-state index is -0.778. The number of carboxylic acids is 1. The summed E-state index contributed by atoms with van der Waals surface area (Å²) in [6.07, 6.45) is 1.52. The van der Waals surface area contributed by atoms with Crippen molar-refractivity contribution in [3.8, 4) is 0 Å². The normalized spacial score (nSPS) is 13.2. The standard InChI is InChI=1S/C12H22O3/c1-8(2)7-10(12(14)15)5-6-11(13)9(3)4/h8-10H,5-7H2,1-4H3,(H,14,15)/t10-/m1/s1. The van der Waals surface area contributed by atoms with Gasteiger partial charge in [0.15, 0.2) is 0 Å². The zero-order valence-electron chi connectivity index (χ0n) is 10.1. The number of aliphatic carboxylic acids is 1. The second-order valence-electron chi connectivity index (χ2n) is 4.82. The predicted octanol–water partition coefficient (Wildman–Crippen LogP) is 2.74. The Morgan fingerprint density at radius 3 is 2.00 bits per heavy atom. The van der Waals surface area contributed by atoms with Gasteiger partial charge >= 0.3 is 5.97 Å². The van der Waals surface area contributed by atoms with Crippen LogP contribution in [0.25, 0.3) is 0 Å². The van der Waals surface area contributed by atoms with Gasteiger partial charge in [-0.1, -0.05) is 27.7 Å². The molecule has 0 saturated heterocycles. The monoisotopic (exact) mass is 214 g/mol. The number of ketones is 1. The highest BCUT2D eigenvalue weighted by Gasteiger charge is 2.20. The fourth-order valence-electron chi connectivity index (χ4n) is 1.52. The van der Waals surface area contributed by atoms with Crippen molar-refractivity contribution in [2.24, 2.45) is 17.8 Å². The van der Waals surface area contributed by atoms with E-state index in [0.29, 0.717) is 25.2 Å². The Hall–Kier alpha value is -0.860. The molecule has 1 atom stereocenters. The summed E-state index contributed by atoms with van der Waals surface area (Å²) >= 11 is 0. The van der Waals surface area contributed by atoms with E-state index in [2.05, 4.69) is 0 Å². The molecular weight excluding hydrogens is 192 g/mol. The van der Waals surface area contributed by atoms with Crippen LogP contribution in [0.15, 0.2) is 0 Å². The van der Waals surface area contributed by atoms with Gasteiger partial charge < -0.3 is 5.11 Å². The SMILES string of the molecule is CC(C)C[C@@H](CCC(=O)C(C)C)C(=O)O. The van der Waals surface area contributed by atoms with Gasteiger partial charge in [-0.15, -0.1) is 0 Å². The molecule has 0 aliphatic rings. The number of rotatable bonds is 7. The number of carboxylic acid groups (broad SMARTS) is 1. The first kappa shape index (κ1) is 14.1. The molecule has 0 aromatic heterocycles. The molecule has 1 N–H and O–H groups in total. The lowest BCUT2D eigenvalue weighted by Crippen LogP contribution is -2.18. The first-order valence-corrected chi connectivity index (χ1v) is 5.60. The topological polar surface area (TPSA) is 54.4 Å². The summed E-state index contributed by atoms with van der Waals surface area (Å²) in [5.41, 5.74) is 0. The zero-order chi connectivity index (χ0) is 12.0. The average Bonchev–Trinajstić information content (AvgIpc) is 2.10. The van der Waals surface area contributed by atoms with Gasteiger partial charge in [0.25, 0.3) is 0 Å². The van der Waals surface area contributed by atoms with E-state index in [9.17, 15) is 9.59 Å². The van der Waals surface area contributed by atoms with Gasteiger partial charge in [-0.05, 0) is 18.8 Å². The van der Waals surface area contributed by atoms with E-state index < -0.39 is 5.97 Å². The number of hydrogen-bond acceptors (Lipinski definition) is 2. The summed E-state index contributed by atoms with van der Waals surface area (Å²) in [6.45, 7) is 7.70. The van der Waals surface area contributed by atoms with Crippen molar-refractivity contribution in [2.45, 2.75) is 47.0 Å². The molecule has 0 amide bonds. The van der Waals surface area contributed by atoms with Crippen LogP contribution in [0.1, 0.15) is 47.0 Å². The summed E-state index contributed by atoms with van der Waals surface area (Å²) in [5, 5.41) is 8.96. The lowest BCUT2D eigenvalue weighted by atomic mass is 9.90. The Labute approximate surface area is 91.9 Å². The van der Waals surface area contributed by atoms with E-state index in [1.807, 2.05) is 27.7 Å². The van der Waals surface area contributed by atoms with Crippen molar-refractivity contribution in [1.82, 2.24) is 0 Å². The molecule has 0 rings (SSSR count). The Morgan fingerprint density at radius 1 is 1.13 bits per heavy atom. The lowest BCUT2D eigenvalue weighted by molar-refractivity contribution is -0.142. The highest BCUT2D eigenvalue weighted by atomic mass is 16.4. The van der Waals surface area contributed by atoms with Gasteiger partial charge in [-0.25, -0.2) is 0 Å². The van der Waals surface area contributed by atoms with Gasteiger partial charge in [0.05, 0.1) is 5.92 Å². The number of carbonyl (C=O) groups is 2. The van der Waals surface area contributed by atoms with E-state index in [1.54, 1.807) is 0 Å². The van der Waals surface area contributed by atoms with Crippen molar-refractivity contribution in [3.63, 3.8) is 0 Å². The third kappa shape index (κ3) is 6.26. The third-order valence-electron chi connectivity index (χ3n) is 2.49. The highest BCUT2D eigenvalue weighted by Crippen LogP contribution is 2.18. The molecule has 0 fully saturated rings. The van der Waals surface area contributed by atoms with E-state index in [0.717, 1.165) is 0 Å². The van der Waals surface area contributed by atoms with Crippen LogP contribution in [-0.4, -0.2) is 16.9 Å². The summed E-state index contributed by atoms with van der Waals surface area (Å²) in [4.78, 5) is 22.3. The van der Waals surface area contributed by atoms with Crippen LogP contribution in [0.2, 0.25) is 0 Å². The van der Waals surface area contributed by atoms with Crippen molar-refractivity contribution >= 4 is 11.8 Å². The molecule has 0 heterocycles. The minimum Gasteiger partial charge on any atom is -0.481 e. The molecule has 0 bridgehead atoms. The average molecular weight is 214 g/mol. The van der Waals surface area contributed by atoms with Crippen LogP contribution in [-0.2, 0) is 9.59 Å². The fraction of sp³-hybridized carbons (Fsp3) is 0.833. The maximum Gasteiger partial charge on any atom is 0.306 e. The van der Waals surface area contributed by atoms with E-state index in [1.165, 1.54) is 0 Å². The molecule has 0 spiro atoms. The first-order valence-electron chi connectivity index (χ1n) is 5.60. The van der Waals surface area contributed by atoms with Gasteiger partial charge in [-0.2, -0.15) is 0 Å². The molecule has 0 unspecified atom stereocenters. The molecule has 3 nitrogen and oxygen atoms in total. The molecule has 0 radical (unpaired) electrons. The summed E-state index contributed by atoms with van der Waals surface area (Å²) in [6, 6.07) is 0. The second-order valence-corrected chi connectivity index (χ2v) is 4.82. The largest absolute Gasteiger partial charge is 0.481 e. The summed E-state index contributed by atoms with van der Waals surface area (Å²) in [7, 11) is 0. The third-order valence-corrected chi connectivity index (χ3v) is 2.49. The maximum atomic E-state index is 11.4.